The highest BCUT2D eigenvalue weighted by molar-refractivity contribution is 6.30. The number of aryl methyl sites for hydroxylation is 2. The molecule has 1 saturated heterocycles. The molecular weight excluding hydrogens is 374 g/mol. The van der Waals surface area contributed by atoms with Gasteiger partial charge in [-0.3, -0.25) is 4.90 Å². The zero-order valence-corrected chi connectivity index (χ0v) is 17.5. The van der Waals surface area contributed by atoms with Gasteiger partial charge < -0.3 is 14.6 Å². The van der Waals surface area contributed by atoms with Crippen LogP contribution in [0.15, 0.2) is 42.5 Å². The number of nitrogens with zero attached hydrogens (tertiary/aromatic N) is 1. The first-order chi connectivity index (χ1) is 13.5. The van der Waals surface area contributed by atoms with E-state index in [9.17, 15) is 5.11 Å². The van der Waals surface area contributed by atoms with Gasteiger partial charge >= 0.3 is 0 Å². The van der Waals surface area contributed by atoms with Gasteiger partial charge in [0.25, 0.3) is 0 Å². The molecule has 2 unspecified atom stereocenters. The van der Waals surface area contributed by atoms with Crippen molar-refractivity contribution < 1.29 is 14.6 Å². The molecule has 3 rings (SSSR count). The van der Waals surface area contributed by atoms with Gasteiger partial charge in [0.2, 0.25) is 0 Å². The molecule has 1 heterocycles. The van der Waals surface area contributed by atoms with Crippen molar-refractivity contribution >= 4 is 11.6 Å². The smallest absolute Gasteiger partial charge is 0.119 e. The minimum Gasteiger partial charge on any atom is -0.491 e. The Labute approximate surface area is 173 Å². The number of aliphatic hydroxyl groups is 1. The second kappa shape index (κ2) is 10.3. The predicted octanol–water partition coefficient (Wildman–Crippen LogP) is 4.38. The number of hydrogen-bond acceptors (Lipinski definition) is 4. The third-order valence-electron chi connectivity index (χ3n) is 5.19. The van der Waals surface area contributed by atoms with Gasteiger partial charge in [-0.15, -0.1) is 0 Å². The molecule has 152 valence electrons. The second-order valence-corrected chi connectivity index (χ2v) is 8.10. The fraction of sp³-hybridized carbons (Fsp3) is 0.478. The molecule has 0 aromatic heterocycles. The quantitative estimate of drug-likeness (QED) is 0.674. The van der Waals surface area contributed by atoms with Crippen LogP contribution in [0.2, 0.25) is 5.02 Å². The van der Waals surface area contributed by atoms with E-state index in [1.54, 1.807) is 0 Å². The summed E-state index contributed by atoms with van der Waals surface area (Å²) in [6.45, 7) is 7.33. The van der Waals surface area contributed by atoms with Crippen molar-refractivity contribution in [1.82, 2.24) is 4.90 Å². The molecule has 28 heavy (non-hydrogen) atoms. The fourth-order valence-corrected chi connectivity index (χ4v) is 3.60. The molecule has 4 nitrogen and oxygen atoms in total. The average Bonchev–Trinajstić information content (AvgIpc) is 3.17. The summed E-state index contributed by atoms with van der Waals surface area (Å²) >= 11 is 6.00. The van der Waals surface area contributed by atoms with Gasteiger partial charge in [-0.2, -0.15) is 0 Å². The normalized spacial score (nSPS) is 17.8. The largest absolute Gasteiger partial charge is 0.491 e. The van der Waals surface area contributed by atoms with Crippen LogP contribution in [0, 0.1) is 13.8 Å². The van der Waals surface area contributed by atoms with Gasteiger partial charge in [0, 0.05) is 31.3 Å². The standard InChI is InChI=1S/C23H30ClNO3/c1-17-5-10-22(12-18(17)2)28-16-21(26)14-25(15-23-4-3-11-27-23)13-19-6-8-20(24)9-7-19/h5-10,12,21,23,26H,3-4,11,13-16H2,1-2H3. The van der Waals surface area contributed by atoms with E-state index in [1.807, 2.05) is 42.5 Å². The minimum absolute atomic E-state index is 0.236. The summed E-state index contributed by atoms with van der Waals surface area (Å²) in [5.74, 6) is 0.797. The van der Waals surface area contributed by atoms with Crippen molar-refractivity contribution in [1.29, 1.82) is 0 Å². The van der Waals surface area contributed by atoms with Crippen molar-refractivity contribution in [3.63, 3.8) is 0 Å². The lowest BCUT2D eigenvalue weighted by Crippen LogP contribution is -2.39. The molecule has 0 spiro atoms. The molecule has 1 N–H and O–H groups in total. The molecule has 1 fully saturated rings. The summed E-state index contributed by atoms with van der Waals surface area (Å²) in [6.07, 6.45) is 1.85. The number of halogens is 1. The molecule has 2 aromatic rings. The van der Waals surface area contributed by atoms with Crippen LogP contribution in [0.4, 0.5) is 0 Å². The Kier molecular flexibility index (Phi) is 7.74. The summed E-state index contributed by atoms with van der Waals surface area (Å²) in [4.78, 5) is 2.24. The van der Waals surface area contributed by atoms with E-state index in [-0.39, 0.29) is 12.7 Å². The van der Waals surface area contributed by atoms with E-state index in [1.165, 1.54) is 16.7 Å². The number of rotatable bonds is 9. The van der Waals surface area contributed by atoms with Gasteiger partial charge in [-0.1, -0.05) is 29.8 Å². The van der Waals surface area contributed by atoms with Crippen LogP contribution in [-0.4, -0.2) is 48.5 Å². The Hall–Kier alpha value is -1.59. The van der Waals surface area contributed by atoms with Crippen LogP contribution in [0.25, 0.3) is 0 Å². The molecule has 0 saturated carbocycles. The number of hydrogen-bond donors (Lipinski definition) is 1. The Morgan fingerprint density at radius 1 is 1.18 bits per heavy atom. The molecule has 2 aromatic carbocycles. The minimum atomic E-state index is -0.574. The van der Waals surface area contributed by atoms with Gasteiger partial charge in [-0.25, -0.2) is 0 Å². The molecule has 5 heteroatoms. The lowest BCUT2D eigenvalue weighted by molar-refractivity contribution is 0.0313. The first kappa shape index (κ1) is 21.1. The molecule has 0 amide bonds. The SMILES string of the molecule is Cc1ccc(OCC(O)CN(Cc2ccc(Cl)cc2)CC2CCCO2)cc1C. The second-order valence-electron chi connectivity index (χ2n) is 7.67. The first-order valence-electron chi connectivity index (χ1n) is 9.96. The van der Waals surface area contributed by atoms with Gasteiger partial charge in [-0.05, 0) is 67.6 Å². The predicted molar refractivity (Wildman–Crippen MR) is 113 cm³/mol. The van der Waals surface area contributed by atoms with Crippen molar-refractivity contribution in [2.45, 2.75) is 45.4 Å². The van der Waals surface area contributed by atoms with Gasteiger partial charge in [0.15, 0.2) is 0 Å². The molecule has 0 bridgehead atoms. The summed E-state index contributed by atoms with van der Waals surface area (Å²) in [5.41, 5.74) is 3.60. The Morgan fingerprint density at radius 3 is 2.64 bits per heavy atom. The maximum Gasteiger partial charge on any atom is 0.119 e. The van der Waals surface area contributed by atoms with E-state index < -0.39 is 6.10 Å². The highest BCUT2D eigenvalue weighted by atomic mass is 35.5. The lowest BCUT2D eigenvalue weighted by Gasteiger charge is -2.27. The van der Waals surface area contributed by atoms with Crippen LogP contribution in [-0.2, 0) is 11.3 Å². The molecule has 2 atom stereocenters. The van der Waals surface area contributed by atoms with Crippen molar-refractivity contribution in [2.75, 3.05) is 26.3 Å². The van der Waals surface area contributed by atoms with Gasteiger partial charge in [0.1, 0.15) is 18.5 Å². The maximum absolute atomic E-state index is 10.6. The lowest BCUT2D eigenvalue weighted by atomic mass is 10.1. The molecule has 1 aliphatic rings. The third kappa shape index (κ3) is 6.49. The number of benzene rings is 2. The number of aliphatic hydroxyl groups excluding tert-OH is 1. The summed E-state index contributed by atoms with van der Waals surface area (Å²) in [5, 5.41) is 11.3. The summed E-state index contributed by atoms with van der Waals surface area (Å²) < 4.78 is 11.6. The van der Waals surface area contributed by atoms with E-state index in [2.05, 4.69) is 18.7 Å². The Balaban J connectivity index is 1.56. The number of ether oxygens (including phenoxy) is 2. The Bertz CT molecular complexity index is 744. The van der Waals surface area contributed by atoms with Crippen LogP contribution in [0.5, 0.6) is 5.75 Å². The van der Waals surface area contributed by atoms with Crippen molar-refractivity contribution in [3.05, 3.63) is 64.2 Å². The highest BCUT2D eigenvalue weighted by Crippen LogP contribution is 2.18. The first-order valence-corrected chi connectivity index (χ1v) is 10.3. The average molecular weight is 404 g/mol. The maximum atomic E-state index is 10.6. The molecule has 0 aliphatic carbocycles. The van der Waals surface area contributed by atoms with E-state index in [4.69, 9.17) is 21.1 Å². The topological polar surface area (TPSA) is 41.9 Å². The van der Waals surface area contributed by atoms with Crippen LogP contribution in [0.3, 0.4) is 0 Å². The van der Waals surface area contributed by atoms with Crippen LogP contribution < -0.4 is 4.74 Å². The van der Waals surface area contributed by atoms with E-state index >= 15 is 0 Å². The molecular formula is C23H30ClNO3. The molecule has 0 radical (unpaired) electrons. The zero-order valence-electron chi connectivity index (χ0n) is 16.7. The highest BCUT2D eigenvalue weighted by Gasteiger charge is 2.21. The van der Waals surface area contributed by atoms with Crippen LogP contribution >= 0.6 is 11.6 Å². The van der Waals surface area contributed by atoms with E-state index in [0.29, 0.717) is 6.54 Å². The Morgan fingerprint density at radius 2 is 1.96 bits per heavy atom. The molecule has 1 aliphatic heterocycles. The van der Waals surface area contributed by atoms with Crippen molar-refractivity contribution in [3.8, 4) is 5.75 Å². The van der Waals surface area contributed by atoms with Crippen LogP contribution in [0.1, 0.15) is 29.5 Å². The third-order valence-corrected chi connectivity index (χ3v) is 5.45. The summed E-state index contributed by atoms with van der Waals surface area (Å²) in [6, 6.07) is 13.9. The summed E-state index contributed by atoms with van der Waals surface area (Å²) in [7, 11) is 0. The monoisotopic (exact) mass is 403 g/mol. The van der Waals surface area contributed by atoms with E-state index in [0.717, 1.165) is 43.3 Å². The zero-order chi connectivity index (χ0) is 19.9. The van der Waals surface area contributed by atoms with Crippen molar-refractivity contribution in [2.24, 2.45) is 0 Å². The fourth-order valence-electron chi connectivity index (χ4n) is 3.47. The van der Waals surface area contributed by atoms with Gasteiger partial charge in [0.05, 0.1) is 6.10 Å².